The number of carbonyl (C=O) groups is 1. The Labute approximate surface area is 126 Å². The van der Waals surface area contributed by atoms with Gasteiger partial charge in [0.05, 0.1) is 5.56 Å². The van der Waals surface area contributed by atoms with Crippen molar-refractivity contribution >= 4 is 5.97 Å². The van der Waals surface area contributed by atoms with Crippen LogP contribution in [0.2, 0.25) is 0 Å². The molecule has 0 aromatic heterocycles. The number of piperidine rings is 1. The summed E-state index contributed by atoms with van der Waals surface area (Å²) in [6.45, 7) is 5.78. The van der Waals surface area contributed by atoms with Gasteiger partial charge in [-0.05, 0) is 50.0 Å². The van der Waals surface area contributed by atoms with Crippen LogP contribution in [0.1, 0.15) is 41.6 Å². The minimum atomic E-state index is -0.854. The van der Waals surface area contributed by atoms with E-state index >= 15 is 0 Å². The maximum Gasteiger partial charge on any atom is 0.335 e. The van der Waals surface area contributed by atoms with Crippen molar-refractivity contribution in [1.82, 2.24) is 9.80 Å². The first-order valence-electron chi connectivity index (χ1n) is 8.01. The molecule has 0 radical (unpaired) electrons. The zero-order valence-corrected chi connectivity index (χ0v) is 12.5. The lowest BCUT2D eigenvalue weighted by atomic mass is 10.1. The number of hydrogen-bond donors (Lipinski definition) is 1. The van der Waals surface area contributed by atoms with Crippen LogP contribution in [0, 0.1) is 0 Å². The first kappa shape index (κ1) is 14.5. The standard InChI is InChI=1S/C17H24N2O2/c20-17(21)15-6-4-14(5-7-15)12-18-11-8-16(13-18)19-9-2-1-3-10-19/h4-7,16H,1-3,8-13H2,(H,20,21). The molecule has 1 aromatic rings. The van der Waals surface area contributed by atoms with Crippen LogP contribution < -0.4 is 0 Å². The molecule has 4 heteroatoms. The van der Waals surface area contributed by atoms with E-state index in [4.69, 9.17) is 5.11 Å². The van der Waals surface area contributed by atoms with E-state index in [1.54, 1.807) is 12.1 Å². The number of aromatic carboxylic acids is 1. The molecule has 2 aliphatic heterocycles. The summed E-state index contributed by atoms with van der Waals surface area (Å²) in [6.07, 6.45) is 5.37. The maximum absolute atomic E-state index is 10.9. The van der Waals surface area contributed by atoms with Gasteiger partial charge in [-0.1, -0.05) is 18.6 Å². The number of rotatable bonds is 4. The van der Waals surface area contributed by atoms with E-state index in [0.29, 0.717) is 5.56 Å². The fraction of sp³-hybridized carbons (Fsp3) is 0.588. The monoisotopic (exact) mass is 288 g/mol. The predicted molar refractivity (Wildman–Crippen MR) is 82.5 cm³/mol. The second-order valence-electron chi connectivity index (χ2n) is 6.28. The first-order valence-corrected chi connectivity index (χ1v) is 8.01. The van der Waals surface area contributed by atoms with Gasteiger partial charge in [-0.3, -0.25) is 9.80 Å². The SMILES string of the molecule is O=C(O)c1ccc(CN2CCC(N3CCCCC3)C2)cc1. The molecule has 1 atom stereocenters. The molecule has 21 heavy (non-hydrogen) atoms. The van der Waals surface area contributed by atoms with Crippen LogP contribution in [0.4, 0.5) is 0 Å². The quantitative estimate of drug-likeness (QED) is 0.924. The van der Waals surface area contributed by atoms with Crippen LogP contribution in [-0.4, -0.2) is 53.1 Å². The summed E-state index contributed by atoms with van der Waals surface area (Å²) in [4.78, 5) is 16.0. The molecule has 0 amide bonds. The molecule has 2 saturated heterocycles. The van der Waals surface area contributed by atoms with Gasteiger partial charge < -0.3 is 5.11 Å². The summed E-state index contributed by atoms with van der Waals surface area (Å²) in [5, 5.41) is 8.92. The number of likely N-dealkylation sites (tertiary alicyclic amines) is 2. The molecule has 3 rings (SSSR count). The fourth-order valence-electron chi connectivity index (χ4n) is 3.55. The van der Waals surface area contributed by atoms with E-state index < -0.39 is 5.97 Å². The van der Waals surface area contributed by atoms with Gasteiger partial charge in [0.25, 0.3) is 0 Å². The summed E-state index contributed by atoms with van der Waals surface area (Å²) in [6, 6.07) is 8.02. The molecule has 0 bridgehead atoms. The van der Waals surface area contributed by atoms with Gasteiger partial charge in [0.15, 0.2) is 0 Å². The first-order chi connectivity index (χ1) is 10.2. The van der Waals surface area contributed by atoms with Crippen LogP contribution in [0.25, 0.3) is 0 Å². The van der Waals surface area contributed by atoms with Crippen LogP contribution >= 0.6 is 0 Å². The lowest BCUT2D eigenvalue weighted by Crippen LogP contribution is -2.40. The van der Waals surface area contributed by atoms with Gasteiger partial charge in [0.2, 0.25) is 0 Å². The summed E-state index contributed by atoms with van der Waals surface area (Å²) in [5.41, 5.74) is 1.57. The molecule has 1 N–H and O–H groups in total. The van der Waals surface area contributed by atoms with Crippen molar-refractivity contribution in [1.29, 1.82) is 0 Å². The Bertz CT molecular complexity index is 480. The van der Waals surface area contributed by atoms with Crippen molar-refractivity contribution in [2.75, 3.05) is 26.2 Å². The summed E-state index contributed by atoms with van der Waals surface area (Å²) in [7, 11) is 0. The lowest BCUT2D eigenvalue weighted by Gasteiger charge is -2.32. The second-order valence-corrected chi connectivity index (χ2v) is 6.28. The molecule has 114 valence electrons. The molecule has 0 spiro atoms. The maximum atomic E-state index is 10.9. The second kappa shape index (κ2) is 6.58. The van der Waals surface area contributed by atoms with Crippen LogP contribution in [0.5, 0.6) is 0 Å². The van der Waals surface area contributed by atoms with E-state index in [9.17, 15) is 4.79 Å². The van der Waals surface area contributed by atoms with Crippen molar-refractivity contribution in [2.24, 2.45) is 0 Å². The summed E-state index contributed by atoms with van der Waals surface area (Å²) in [5.74, 6) is -0.854. The van der Waals surface area contributed by atoms with Crippen molar-refractivity contribution in [3.05, 3.63) is 35.4 Å². The minimum Gasteiger partial charge on any atom is -0.478 e. The molecule has 2 fully saturated rings. The molecule has 1 aromatic carbocycles. The average molecular weight is 288 g/mol. The Hall–Kier alpha value is -1.39. The molecule has 2 aliphatic rings. The van der Waals surface area contributed by atoms with Gasteiger partial charge >= 0.3 is 5.97 Å². The molecule has 0 saturated carbocycles. The highest BCUT2D eigenvalue weighted by Gasteiger charge is 2.28. The third kappa shape index (κ3) is 3.63. The predicted octanol–water partition coefficient (Wildman–Crippen LogP) is 2.45. The fourth-order valence-corrected chi connectivity index (χ4v) is 3.55. The molecule has 4 nitrogen and oxygen atoms in total. The number of carboxylic acid groups (broad SMARTS) is 1. The van der Waals surface area contributed by atoms with E-state index in [-0.39, 0.29) is 0 Å². The van der Waals surface area contributed by atoms with Crippen LogP contribution in [-0.2, 0) is 6.54 Å². The van der Waals surface area contributed by atoms with E-state index in [0.717, 1.165) is 25.7 Å². The highest BCUT2D eigenvalue weighted by Crippen LogP contribution is 2.21. The number of benzene rings is 1. The number of nitrogens with zero attached hydrogens (tertiary/aromatic N) is 2. The Morgan fingerprint density at radius 3 is 2.48 bits per heavy atom. The van der Waals surface area contributed by atoms with E-state index in [1.807, 2.05) is 12.1 Å². The molecular weight excluding hydrogens is 264 g/mol. The average Bonchev–Trinajstić information content (AvgIpc) is 2.97. The minimum absolute atomic E-state index is 0.367. The molecular formula is C17H24N2O2. The summed E-state index contributed by atoms with van der Waals surface area (Å²) >= 11 is 0. The van der Waals surface area contributed by atoms with Gasteiger partial charge in [-0.2, -0.15) is 0 Å². The van der Waals surface area contributed by atoms with Crippen molar-refractivity contribution in [3.8, 4) is 0 Å². The highest BCUT2D eigenvalue weighted by atomic mass is 16.4. The van der Waals surface area contributed by atoms with Crippen LogP contribution in [0.3, 0.4) is 0 Å². The Kier molecular flexibility index (Phi) is 4.56. The van der Waals surface area contributed by atoms with E-state index in [1.165, 1.54) is 44.3 Å². The molecule has 2 heterocycles. The van der Waals surface area contributed by atoms with Crippen molar-refractivity contribution in [3.63, 3.8) is 0 Å². The highest BCUT2D eigenvalue weighted by molar-refractivity contribution is 5.87. The normalized spacial score (nSPS) is 24.3. The zero-order chi connectivity index (χ0) is 14.7. The lowest BCUT2D eigenvalue weighted by molar-refractivity contribution is 0.0697. The topological polar surface area (TPSA) is 43.8 Å². The van der Waals surface area contributed by atoms with Gasteiger partial charge in [0.1, 0.15) is 0 Å². The largest absolute Gasteiger partial charge is 0.478 e. The van der Waals surface area contributed by atoms with Gasteiger partial charge in [-0.25, -0.2) is 4.79 Å². The Balaban J connectivity index is 1.53. The van der Waals surface area contributed by atoms with Gasteiger partial charge in [-0.15, -0.1) is 0 Å². The Morgan fingerprint density at radius 1 is 1.10 bits per heavy atom. The van der Waals surface area contributed by atoms with Crippen molar-refractivity contribution in [2.45, 2.75) is 38.3 Å². The zero-order valence-electron chi connectivity index (χ0n) is 12.5. The molecule has 0 aliphatic carbocycles. The molecule has 1 unspecified atom stereocenters. The van der Waals surface area contributed by atoms with E-state index in [2.05, 4.69) is 9.80 Å². The number of carboxylic acids is 1. The van der Waals surface area contributed by atoms with Crippen LogP contribution in [0.15, 0.2) is 24.3 Å². The smallest absolute Gasteiger partial charge is 0.335 e. The van der Waals surface area contributed by atoms with Gasteiger partial charge in [0, 0.05) is 25.7 Å². The third-order valence-corrected chi connectivity index (χ3v) is 4.76. The van der Waals surface area contributed by atoms with Crippen molar-refractivity contribution < 1.29 is 9.90 Å². The Morgan fingerprint density at radius 2 is 1.81 bits per heavy atom. The summed E-state index contributed by atoms with van der Waals surface area (Å²) < 4.78 is 0. The third-order valence-electron chi connectivity index (χ3n) is 4.76. The number of hydrogen-bond acceptors (Lipinski definition) is 3.